The van der Waals surface area contributed by atoms with Gasteiger partial charge in [-0.05, 0) is 42.7 Å². The highest BCUT2D eigenvalue weighted by molar-refractivity contribution is 6.30. The molecule has 3 aromatic heterocycles. The van der Waals surface area contributed by atoms with Gasteiger partial charge in [0, 0.05) is 86.4 Å². The van der Waals surface area contributed by atoms with Gasteiger partial charge in [-0.25, -0.2) is 9.37 Å². The van der Waals surface area contributed by atoms with E-state index in [4.69, 9.17) is 21.1 Å². The Morgan fingerprint density at radius 1 is 1.02 bits per heavy atom. The number of nitrogens with one attached hydrogen (secondary N) is 1. The van der Waals surface area contributed by atoms with Crippen molar-refractivity contribution in [3.63, 3.8) is 0 Å². The molecule has 0 saturated carbocycles. The van der Waals surface area contributed by atoms with E-state index < -0.39 is 0 Å². The summed E-state index contributed by atoms with van der Waals surface area (Å²) in [6.07, 6.45) is 8.84. The minimum atomic E-state index is -0.301. The third-order valence-electron chi connectivity index (χ3n) is 9.04. The minimum absolute atomic E-state index is 0.0169. The second-order valence-electron chi connectivity index (χ2n) is 12.3. The van der Waals surface area contributed by atoms with Gasteiger partial charge in [-0.3, -0.25) is 14.3 Å². The van der Waals surface area contributed by atoms with Gasteiger partial charge < -0.3 is 29.2 Å². The van der Waals surface area contributed by atoms with Crippen LogP contribution >= 0.6 is 11.6 Å². The summed E-state index contributed by atoms with van der Waals surface area (Å²) in [6, 6.07) is 13.3. The van der Waals surface area contributed by atoms with Gasteiger partial charge in [0.25, 0.3) is 0 Å². The van der Waals surface area contributed by atoms with Crippen LogP contribution in [0.15, 0.2) is 67.1 Å². The van der Waals surface area contributed by atoms with Crippen molar-refractivity contribution in [2.24, 2.45) is 0 Å². The Bertz CT molecular complexity index is 2020. The predicted octanol–water partition coefficient (Wildman–Crippen LogP) is 5.61. The second-order valence-corrected chi connectivity index (χ2v) is 12.7. The summed E-state index contributed by atoms with van der Waals surface area (Å²) in [5.41, 5.74) is 4.44. The highest BCUT2D eigenvalue weighted by Gasteiger charge is 2.25. The van der Waals surface area contributed by atoms with E-state index in [1.807, 2.05) is 49.4 Å². The number of carbonyl (C=O) groups is 2. The largest absolute Gasteiger partial charge is 0.496 e. The Morgan fingerprint density at radius 3 is 2.53 bits per heavy atom. The highest BCUT2D eigenvalue weighted by atomic mass is 35.5. The van der Waals surface area contributed by atoms with Gasteiger partial charge in [0.1, 0.15) is 5.75 Å². The number of halogens is 2. The van der Waals surface area contributed by atoms with E-state index >= 15 is 4.39 Å². The summed E-state index contributed by atoms with van der Waals surface area (Å²) >= 11 is 5.86. The van der Waals surface area contributed by atoms with Gasteiger partial charge >= 0.3 is 0 Å². The number of ether oxygens (including phenoxy) is 2. The summed E-state index contributed by atoms with van der Waals surface area (Å²) in [6.45, 7) is 6.28. The molecule has 51 heavy (non-hydrogen) atoms. The molecule has 0 aliphatic carbocycles. The molecule has 0 unspecified atom stereocenters. The van der Waals surface area contributed by atoms with Crippen molar-refractivity contribution >= 4 is 46.2 Å². The lowest BCUT2D eigenvalue weighted by Gasteiger charge is -2.33. The monoisotopic (exact) mass is 714 g/mol. The van der Waals surface area contributed by atoms with Crippen LogP contribution in [0.5, 0.6) is 11.5 Å². The summed E-state index contributed by atoms with van der Waals surface area (Å²) < 4.78 is 28.3. The van der Waals surface area contributed by atoms with E-state index in [9.17, 15) is 9.59 Å². The summed E-state index contributed by atoms with van der Waals surface area (Å²) in [7, 11) is 3.23. The predicted molar refractivity (Wildman–Crippen MR) is 194 cm³/mol. The Labute approximate surface area is 300 Å². The first-order valence-electron chi connectivity index (χ1n) is 16.7. The molecule has 7 rings (SSSR count). The smallest absolute Gasteiger partial charge is 0.224 e. The number of hydrogen-bond acceptors (Lipinski definition) is 8. The van der Waals surface area contributed by atoms with E-state index in [1.54, 1.807) is 53.4 Å². The van der Waals surface area contributed by atoms with Crippen LogP contribution in [0.3, 0.4) is 0 Å². The quantitative estimate of drug-likeness (QED) is 0.196. The first kappa shape index (κ1) is 35.4. The number of H-pyrrole nitrogens is 1. The third-order valence-corrected chi connectivity index (χ3v) is 9.25. The van der Waals surface area contributed by atoms with Gasteiger partial charge in [0.2, 0.25) is 12.3 Å². The summed E-state index contributed by atoms with van der Waals surface area (Å²) in [5.74, 6) is 1.88. The van der Waals surface area contributed by atoms with Crippen molar-refractivity contribution in [1.29, 1.82) is 0 Å². The standard InChI is InChI=1S/C26H26FN5O2.C11H14ClN3O2/c1-17-14-22-21(19-7-3-4-8-23(19)34-2)15-20(25(27)26(22)29-17)18-6-5-11-31(16-18)24(33)9-12-32-13-10-28-30-32;1-17-10-6-9(12)7-13-11(10)15-4-2-14(8-16)3-5-15/h3-4,6-8,10,13-15,29H,5,9,11-12,16H2,1-2H3;6-8H,2-5H2,1H3. The summed E-state index contributed by atoms with van der Waals surface area (Å²) in [5, 5.41) is 9.04. The number of carbonyl (C=O) groups excluding carboxylic acids is 2. The van der Waals surface area contributed by atoms with Crippen molar-refractivity contribution in [3.05, 3.63) is 89.2 Å². The zero-order valence-electron chi connectivity index (χ0n) is 28.8. The van der Waals surface area contributed by atoms with Gasteiger partial charge in [-0.2, -0.15) is 0 Å². The lowest BCUT2D eigenvalue weighted by Crippen LogP contribution is -2.46. The molecule has 2 aliphatic rings. The Morgan fingerprint density at radius 2 is 1.80 bits per heavy atom. The molecular weight excluding hydrogens is 675 g/mol. The maximum Gasteiger partial charge on any atom is 0.224 e. The molecule has 5 heterocycles. The second kappa shape index (κ2) is 16.1. The van der Waals surface area contributed by atoms with Crippen molar-refractivity contribution in [3.8, 4) is 22.6 Å². The molecule has 266 valence electrons. The van der Waals surface area contributed by atoms with Crippen LogP contribution in [0, 0.1) is 12.7 Å². The number of anilines is 1. The number of benzene rings is 2. The fraction of sp³-hybridized carbons (Fsp3) is 0.324. The van der Waals surface area contributed by atoms with Crippen LogP contribution < -0.4 is 14.4 Å². The zero-order chi connectivity index (χ0) is 35.9. The van der Waals surface area contributed by atoms with Crippen molar-refractivity contribution in [2.45, 2.75) is 26.3 Å². The molecule has 2 aromatic carbocycles. The van der Waals surface area contributed by atoms with Crippen LogP contribution in [-0.2, 0) is 16.1 Å². The number of aryl methyl sites for hydroxylation is 2. The van der Waals surface area contributed by atoms with Crippen molar-refractivity contribution in [1.82, 2.24) is 34.8 Å². The number of para-hydroxylation sites is 1. The number of hydrogen-bond donors (Lipinski definition) is 1. The van der Waals surface area contributed by atoms with E-state index in [0.717, 1.165) is 58.8 Å². The van der Waals surface area contributed by atoms with Gasteiger partial charge in [0.05, 0.1) is 37.5 Å². The van der Waals surface area contributed by atoms with Crippen LogP contribution in [0.25, 0.3) is 27.6 Å². The van der Waals surface area contributed by atoms with E-state index in [-0.39, 0.29) is 11.7 Å². The molecule has 2 aliphatic heterocycles. The number of nitrogens with zero attached hydrogens (tertiary/aromatic N) is 7. The average Bonchev–Trinajstić information content (AvgIpc) is 3.84. The maximum atomic E-state index is 15.8. The number of methoxy groups -OCH3 is 2. The topological polar surface area (TPSA) is 122 Å². The Hall–Kier alpha value is -5.43. The van der Waals surface area contributed by atoms with Crippen molar-refractivity contribution < 1.29 is 23.5 Å². The average molecular weight is 715 g/mol. The number of aromatic amines is 1. The zero-order valence-corrected chi connectivity index (χ0v) is 29.6. The first-order chi connectivity index (χ1) is 24.8. The molecule has 1 N–H and O–H groups in total. The molecule has 2 amide bonds. The fourth-order valence-electron chi connectivity index (χ4n) is 6.43. The van der Waals surface area contributed by atoms with Gasteiger partial charge in [0.15, 0.2) is 17.4 Å². The SMILES string of the molecule is COc1cc(Cl)cnc1N1CCN(C=O)CC1.COc1ccccc1-c1cc(C2=CCCN(C(=O)CCn3ccnn3)C2)c(F)c2[nH]c(C)cc12. The number of rotatable bonds is 9. The molecule has 1 fully saturated rings. The van der Waals surface area contributed by atoms with Crippen LogP contribution in [-0.4, -0.2) is 101 Å². The van der Waals surface area contributed by atoms with Crippen LogP contribution in [0.4, 0.5) is 10.2 Å². The normalized spacial score (nSPS) is 14.5. The van der Waals surface area contributed by atoms with Crippen LogP contribution in [0.2, 0.25) is 5.02 Å². The molecule has 0 atom stereocenters. The number of aromatic nitrogens is 5. The molecule has 1 saturated heterocycles. The molecule has 0 radical (unpaired) electrons. The highest BCUT2D eigenvalue weighted by Crippen LogP contribution is 2.40. The van der Waals surface area contributed by atoms with E-state index in [0.29, 0.717) is 67.4 Å². The molecule has 5 aromatic rings. The fourth-order valence-corrected chi connectivity index (χ4v) is 6.58. The van der Waals surface area contributed by atoms with E-state index in [2.05, 4.69) is 25.2 Å². The molecule has 0 spiro atoms. The van der Waals surface area contributed by atoms with Gasteiger partial charge in [-0.1, -0.05) is 41.1 Å². The molecular formula is C37H40ClFN8O4. The number of amides is 2. The lowest BCUT2D eigenvalue weighted by molar-refractivity contribution is -0.131. The molecule has 12 nitrogen and oxygen atoms in total. The maximum absolute atomic E-state index is 15.8. The van der Waals surface area contributed by atoms with Crippen LogP contribution in [0.1, 0.15) is 24.1 Å². The summed E-state index contributed by atoms with van der Waals surface area (Å²) in [4.78, 5) is 36.6. The van der Waals surface area contributed by atoms with Gasteiger partial charge in [-0.15, -0.1) is 5.10 Å². The van der Waals surface area contributed by atoms with Crippen molar-refractivity contribution in [2.75, 3.05) is 58.4 Å². The number of piperazine rings is 1. The minimum Gasteiger partial charge on any atom is -0.496 e. The van der Waals surface area contributed by atoms with E-state index in [1.165, 1.54) is 0 Å². The lowest BCUT2D eigenvalue weighted by atomic mass is 9.93. The molecule has 0 bridgehead atoms. The number of fused-ring (bicyclic) bond motifs is 1. The third kappa shape index (κ3) is 7.99. The molecule has 14 heteroatoms. The first-order valence-corrected chi connectivity index (χ1v) is 17.1. The Kier molecular flexibility index (Phi) is 11.2. The number of pyridine rings is 1. The Balaban J connectivity index is 0.000000221.